The largest absolute Gasteiger partial charge is 0.495 e. The van der Waals surface area contributed by atoms with Gasteiger partial charge in [0.2, 0.25) is 0 Å². The van der Waals surface area contributed by atoms with Crippen LogP contribution in [-0.4, -0.2) is 42.4 Å². The molecule has 0 spiro atoms. The number of hydrogen-bond acceptors (Lipinski definition) is 4. The van der Waals surface area contributed by atoms with Gasteiger partial charge in [-0.2, -0.15) is 0 Å². The maximum Gasteiger partial charge on any atom is 0.174 e. The highest BCUT2D eigenvalue weighted by Crippen LogP contribution is 2.25. The van der Waals surface area contributed by atoms with Crippen molar-refractivity contribution in [2.45, 2.75) is 13.0 Å². The number of ether oxygens (including phenoxy) is 2. The smallest absolute Gasteiger partial charge is 0.174 e. The quantitative estimate of drug-likeness (QED) is 0.775. The number of para-hydroxylation sites is 2. The van der Waals surface area contributed by atoms with Crippen LogP contribution in [0.15, 0.2) is 48.7 Å². The Morgan fingerprint density at radius 1 is 1.21 bits per heavy atom. The molecule has 0 saturated carbocycles. The number of rotatable bonds is 7. The Morgan fingerprint density at radius 3 is 2.62 bits per heavy atom. The second kappa shape index (κ2) is 9.20. The van der Waals surface area contributed by atoms with Crippen molar-refractivity contribution >= 4 is 23.0 Å². The van der Waals surface area contributed by atoms with Crippen LogP contribution in [0.25, 0.3) is 0 Å². The summed E-state index contributed by atoms with van der Waals surface area (Å²) in [4.78, 5) is 6.50. The molecule has 0 bridgehead atoms. The van der Waals surface area contributed by atoms with E-state index >= 15 is 0 Å². The second-order valence-electron chi connectivity index (χ2n) is 5.25. The zero-order valence-corrected chi connectivity index (χ0v) is 15.0. The first kappa shape index (κ1) is 18.2. The van der Waals surface area contributed by atoms with Crippen LogP contribution in [0.4, 0.5) is 5.69 Å². The molecule has 5 nitrogen and oxygen atoms in total. The van der Waals surface area contributed by atoms with E-state index in [0.29, 0.717) is 18.3 Å². The van der Waals surface area contributed by atoms with Crippen molar-refractivity contribution in [3.05, 3.63) is 54.4 Å². The van der Waals surface area contributed by atoms with Crippen LogP contribution >= 0.6 is 12.2 Å². The summed E-state index contributed by atoms with van der Waals surface area (Å²) < 4.78 is 10.6. The van der Waals surface area contributed by atoms with E-state index in [-0.39, 0.29) is 6.04 Å². The molecule has 0 aliphatic heterocycles. The molecule has 0 radical (unpaired) electrons. The molecule has 1 aromatic carbocycles. The Labute approximate surface area is 148 Å². The summed E-state index contributed by atoms with van der Waals surface area (Å²) in [5, 5.41) is 3.88. The summed E-state index contributed by atoms with van der Waals surface area (Å²) in [5.41, 5.74) is 1.79. The van der Waals surface area contributed by atoms with Crippen molar-refractivity contribution in [1.82, 2.24) is 9.88 Å². The zero-order chi connectivity index (χ0) is 17.4. The van der Waals surface area contributed by atoms with Crippen molar-refractivity contribution < 1.29 is 9.47 Å². The third-order valence-corrected chi connectivity index (χ3v) is 4.07. The van der Waals surface area contributed by atoms with Gasteiger partial charge in [0.1, 0.15) is 5.75 Å². The van der Waals surface area contributed by atoms with Gasteiger partial charge in [-0.15, -0.1) is 0 Å². The lowest BCUT2D eigenvalue weighted by molar-refractivity contribution is 0.164. The van der Waals surface area contributed by atoms with Crippen LogP contribution in [0.1, 0.15) is 18.7 Å². The molecule has 0 fully saturated rings. The lowest BCUT2D eigenvalue weighted by Gasteiger charge is -2.31. The Bertz CT molecular complexity index is 652. The molecular formula is C18H23N3O2S. The van der Waals surface area contributed by atoms with E-state index in [1.54, 1.807) is 20.4 Å². The van der Waals surface area contributed by atoms with Crippen molar-refractivity contribution in [2.75, 3.05) is 32.7 Å². The van der Waals surface area contributed by atoms with E-state index in [1.165, 1.54) is 0 Å². The van der Waals surface area contributed by atoms with Crippen LogP contribution in [-0.2, 0) is 4.74 Å². The van der Waals surface area contributed by atoms with Crippen LogP contribution in [0.3, 0.4) is 0 Å². The molecule has 0 amide bonds. The monoisotopic (exact) mass is 345 g/mol. The minimum atomic E-state index is 0.0241. The standard InChI is InChI=1S/C18H23N3O2S/c1-14(15-8-6-7-11-19-15)21(12-13-22-2)18(24)20-16-9-4-5-10-17(16)23-3/h4-11,14H,12-13H2,1-3H3,(H,20,24)/t14-/m0/s1. The van der Waals surface area contributed by atoms with E-state index in [1.807, 2.05) is 42.5 Å². The maximum absolute atomic E-state index is 5.63. The van der Waals surface area contributed by atoms with Gasteiger partial charge >= 0.3 is 0 Å². The van der Waals surface area contributed by atoms with Crippen LogP contribution in [0.5, 0.6) is 5.75 Å². The fourth-order valence-corrected chi connectivity index (χ4v) is 2.74. The highest BCUT2D eigenvalue weighted by atomic mass is 32.1. The van der Waals surface area contributed by atoms with Gasteiger partial charge in [0, 0.05) is 19.9 Å². The van der Waals surface area contributed by atoms with Gasteiger partial charge in [-0.25, -0.2) is 0 Å². The number of pyridine rings is 1. The average Bonchev–Trinajstić information content (AvgIpc) is 2.63. The molecule has 0 aliphatic carbocycles. The lowest BCUT2D eigenvalue weighted by Crippen LogP contribution is -2.39. The number of benzene rings is 1. The molecule has 1 N–H and O–H groups in total. The molecule has 0 unspecified atom stereocenters. The van der Waals surface area contributed by atoms with E-state index in [0.717, 1.165) is 17.1 Å². The van der Waals surface area contributed by atoms with Crippen molar-refractivity contribution in [3.63, 3.8) is 0 Å². The highest BCUT2D eigenvalue weighted by Gasteiger charge is 2.20. The Morgan fingerprint density at radius 2 is 1.96 bits per heavy atom. The summed E-state index contributed by atoms with van der Waals surface area (Å²) >= 11 is 5.63. The first-order valence-electron chi connectivity index (χ1n) is 7.78. The Hall–Kier alpha value is -2.18. The minimum absolute atomic E-state index is 0.0241. The normalized spacial score (nSPS) is 11.6. The van der Waals surface area contributed by atoms with Gasteiger partial charge in [0.25, 0.3) is 0 Å². The number of methoxy groups -OCH3 is 2. The third kappa shape index (κ3) is 4.66. The number of aromatic nitrogens is 1. The maximum atomic E-state index is 5.63. The van der Waals surface area contributed by atoms with E-state index in [2.05, 4.69) is 22.1 Å². The minimum Gasteiger partial charge on any atom is -0.495 e. The van der Waals surface area contributed by atoms with Crippen LogP contribution < -0.4 is 10.1 Å². The first-order chi connectivity index (χ1) is 11.7. The molecular weight excluding hydrogens is 322 g/mol. The van der Waals surface area contributed by atoms with Gasteiger partial charge in [-0.3, -0.25) is 4.98 Å². The fraction of sp³-hybridized carbons (Fsp3) is 0.333. The molecule has 2 rings (SSSR count). The number of anilines is 1. The van der Waals surface area contributed by atoms with E-state index < -0.39 is 0 Å². The van der Waals surface area contributed by atoms with Gasteiger partial charge < -0.3 is 19.7 Å². The summed E-state index contributed by atoms with van der Waals surface area (Å²) in [6, 6.07) is 13.6. The van der Waals surface area contributed by atoms with E-state index in [9.17, 15) is 0 Å². The van der Waals surface area contributed by atoms with Crippen molar-refractivity contribution in [3.8, 4) is 5.75 Å². The Kier molecular flexibility index (Phi) is 6.96. The van der Waals surface area contributed by atoms with Gasteiger partial charge in [-0.05, 0) is 43.4 Å². The van der Waals surface area contributed by atoms with E-state index in [4.69, 9.17) is 21.7 Å². The third-order valence-electron chi connectivity index (χ3n) is 3.73. The summed E-state index contributed by atoms with van der Waals surface area (Å²) in [6.07, 6.45) is 1.79. The van der Waals surface area contributed by atoms with Gasteiger partial charge in [0.15, 0.2) is 5.11 Å². The molecule has 24 heavy (non-hydrogen) atoms. The number of thiocarbonyl (C=S) groups is 1. The van der Waals surface area contributed by atoms with Crippen molar-refractivity contribution in [1.29, 1.82) is 0 Å². The summed E-state index contributed by atoms with van der Waals surface area (Å²) in [5.74, 6) is 0.747. The van der Waals surface area contributed by atoms with Crippen LogP contribution in [0, 0.1) is 0 Å². The predicted molar refractivity (Wildman–Crippen MR) is 100 cm³/mol. The summed E-state index contributed by atoms with van der Waals surface area (Å²) in [6.45, 7) is 3.31. The highest BCUT2D eigenvalue weighted by molar-refractivity contribution is 7.80. The number of nitrogens with one attached hydrogen (secondary N) is 1. The molecule has 0 aliphatic rings. The molecule has 1 heterocycles. The molecule has 0 saturated heterocycles. The van der Waals surface area contributed by atoms with Crippen molar-refractivity contribution in [2.24, 2.45) is 0 Å². The van der Waals surface area contributed by atoms with Gasteiger partial charge in [-0.1, -0.05) is 18.2 Å². The number of hydrogen-bond donors (Lipinski definition) is 1. The number of nitrogens with zero attached hydrogens (tertiary/aromatic N) is 2. The topological polar surface area (TPSA) is 46.6 Å². The SMILES string of the molecule is COCCN(C(=S)Nc1ccccc1OC)[C@@H](C)c1ccccn1. The molecule has 1 atom stereocenters. The van der Waals surface area contributed by atoms with Crippen LogP contribution in [0.2, 0.25) is 0 Å². The first-order valence-corrected chi connectivity index (χ1v) is 8.18. The average molecular weight is 345 g/mol. The fourth-order valence-electron chi connectivity index (χ4n) is 2.38. The lowest BCUT2D eigenvalue weighted by atomic mass is 10.2. The predicted octanol–water partition coefficient (Wildman–Crippen LogP) is 3.50. The second-order valence-corrected chi connectivity index (χ2v) is 5.63. The zero-order valence-electron chi connectivity index (χ0n) is 14.2. The Balaban J connectivity index is 2.18. The molecule has 2 aromatic rings. The molecule has 1 aromatic heterocycles. The molecule has 128 valence electrons. The summed E-state index contributed by atoms with van der Waals surface area (Å²) in [7, 11) is 3.32. The molecule has 6 heteroatoms. The van der Waals surface area contributed by atoms with Gasteiger partial charge in [0.05, 0.1) is 31.1 Å².